The number of aromatic amines is 1. The molecule has 1 N–H and O–H groups in total. The smallest absolute Gasteiger partial charge is 0.345 e. The Balaban J connectivity index is 1.85. The molecule has 1 aliphatic rings. The fourth-order valence-corrected chi connectivity index (χ4v) is 2.74. The van der Waals surface area contributed by atoms with Crippen molar-refractivity contribution in [3.8, 4) is 0 Å². The van der Waals surface area contributed by atoms with Crippen molar-refractivity contribution < 1.29 is 14.3 Å². The van der Waals surface area contributed by atoms with Crippen LogP contribution < -0.4 is 5.56 Å². The van der Waals surface area contributed by atoms with E-state index in [4.69, 9.17) is 9.47 Å². The van der Waals surface area contributed by atoms with Crippen molar-refractivity contribution in [1.82, 2.24) is 14.9 Å². The summed E-state index contributed by atoms with van der Waals surface area (Å²) in [6.07, 6.45) is 1.27. The number of hydrogen-bond donors (Lipinski definition) is 1. The van der Waals surface area contributed by atoms with Crippen molar-refractivity contribution in [2.75, 3.05) is 45.2 Å². The molecule has 2 rings (SSSR count). The molecule has 0 aliphatic carbocycles. The van der Waals surface area contributed by atoms with E-state index in [1.54, 1.807) is 6.92 Å². The van der Waals surface area contributed by atoms with Crippen molar-refractivity contribution in [3.63, 3.8) is 0 Å². The van der Waals surface area contributed by atoms with E-state index < -0.39 is 11.5 Å². The summed E-state index contributed by atoms with van der Waals surface area (Å²) in [5, 5.41) is 0.515. The van der Waals surface area contributed by atoms with Crippen molar-refractivity contribution >= 4 is 17.7 Å². The topological polar surface area (TPSA) is 84.5 Å². The van der Waals surface area contributed by atoms with Gasteiger partial charge in [-0.1, -0.05) is 11.8 Å². The molecule has 1 aromatic rings. The molecule has 0 amide bonds. The molecule has 0 atom stereocenters. The van der Waals surface area contributed by atoms with Gasteiger partial charge in [0.2, 0.25) is 0 Å². The van der Waals surface area contributed by atoms with Crippen LogP contribution in [-0.2, 0) is 9.47 Å². The van der Waals surface area contributed by atoms with Gasteiger partial charge in [-0.3, -0.25) is 9.69 Å². The van der Waals surface area contributed by atoms with E-state index in [0.29, 0.717) is 5.16 Å². The van der Waals surface area contributed by atoms with Crippen LogP contribution >= 0.6 is 11.8 Å². The molecule has 0 bridgehead atoms. The van der Waals surface area contributed by atoms with Gasteiger partial charge in [-0.05, 0) is 6.92 Å². The zero-order valence-corrected chi connectivity index (χ0v) is 12.8. The summed E-state index contributed by atoms with van der Waals surface area (Å²) in [6.45, 7) is 6.25. The lowest BCUT2D eigenvalue weighted by atomic mass is 10.3. The first-order valence-electron chi connectivity index (χ1n) is 6.90. The standard InChI is InChI=1S/C13H19N3O4S/c1-2-20-12(18)10-9-14-13(15-11(10)17)21-8-5-16-3-6-19-7-4-16/h9H,2-8H2,1H3,(H,14,15,17). The van der Waals surface area contributed by atoms with E-state index in [2.05, 4.69) is 14.9 Å². The van der Waals surface area contributed by atoms with E-state index >= 15 is 0 Å². The zero-order valence-electron chi connectivity index (χ0n) is 12.0. The zero-order chi connectivity index (χ0) is 15.1. The number of aromatic nitrogens is 2. The number of ether oxygens (including phenoxy) is 2. The van der Waals surface area contributed by atoms with Gasteiger partial charge in [0.1, 0.15) is 5.56 Å². The summed E-state index contributed by atoms with van der Waals surface area (Å²) in [6, 6.07) is 0. The Morgan fingerprint density at radius 1 is 1.52 bits per heavy atom. The van der Waals surface area contributed by atoms with E-state index in [1.807, 2.05) is 0 Å². The fraction of sp³-hybridized carbons (Fsp3) is 0.615. The van der Waals surface area contributed by atoms with Crippen LogP contribution in [0.5, 0.6) is 0 Å². The normalized spacial score (nSPS) is 15.9. The second kappa shape index (κ2) is 8.16. The van der Waals surface area contributed by atoms with Gasteiger partial charge < -0.3 is 14.5 Å². The van der Waals surface area contributed by atoms with E-state index in [0.717, 1.165) is 38.6 Å². The van der Waals surface area contributed by atoms with Crippen molar-refractivity contribution in [2.45, 2.75) is 12.1 Å². The first-order chi connectivity index (χ1) is 10.2. The summed E-state index contributed by atoms with van der Waals surface area (Å²) in [7, 11) is 0. The maximum Gasteiger partial charge on any atom is 0.345 e. The molecular weight excluding hydrogens is 294 g/mol. The number of nitrogens with one attached hydrogen (secondary N) is 1. The number of morpholine rings is 1. The number of H-pyrrole nitrogens is 1. The van der Waals surface area contributed by atoms with E-state index in [9.17, 15) is 9.59 Å². The molecule has 0 saturated carbocycles. The molecule has 0 aromatic carbocycles. The molecule has 21 heavy (non-hydrogen) atoms. The van der Waals surface area contributed by atoms with Crippen molar-refractivity contribution in [3.05, 3.63) is 22.1 Å². The number of esters is 1. The molecule has 0 unspecified atom stereocenters. The van der Waals surface area contributed by atoms with Gasteiger partial charge >= 0.3 is 5.97 Å². The Morgan fingerprint density at radius 3 is 2.95 bits per heavy atom. The SMILES string of the molecule is CCOC(=O)c1cnc(SCCN2CCOCC2)[nH]c1=O. The number of carbonyl (C=O) groups excluding carboxylic acids is 1. The highest BCUT2D eigenvalue weighted by molar-refractivity contribution is 7.99. The Bertz CT molecular complexity index is 528. The van der Waals surface area contributed by atoms with Gasteiger partial charge in [-0.2, -0.15) is 0 Å². The van der Waals surface area contributed by atoms with Crippen LogP contribution in [0.4, 0.5) is 0 Å². The van der Waals surface area contributed by atoms with Crippen LogP contribution in [0.3, 0.4) is 0 Å². The minimum Gasteiger partial charge on any atom is -0.462 e. The van der Waals surface area contributed by atoms with Crippen molar-refractivity contribution in [2.24, 2.45) is 0 Å². The lowest BCUT2D eigenvalue weighted by molar-refractivity contribution is 0.0410. The highest BCUT2D eigenvalue weighted by Gasteiger charge is 2.13. The maximum absolute atomic E-state index is 11.8. The van der Waals surface area contributed by atoms with Crippen LogP contribution in [0.2, 0.25) is 0 Å². The van der Waals surface area contributed by atoms with E-state index in [1.165, 1.54) is 18.0 Å². The van der Waals surface area contributed by atoms with Gasteiger partial charge in [0.15, 0.2) is 5.16 Å². The molecule has 1 aromatic heterocycles. The molecule has 1 saturated heterocycles. The average Bonchev–Trinajstić information content (AvgIpc) is 2.48. The molecule has 7 nitrogen and oxygen atoms in total. The number of rotatable bonds is 6. The van der Waals surface area contributed by atoms with Gasteiger partial charge in [0, 0.05) is 31.6 Å². The predicted molar refractivity (Wildman–Crippen MR) is 78.8 cm³/mol. The van der Waals surface area contributed by atoms with Gasteiger partial charge in [-0.15, -0.1) is 0 Å². The summed E-state index contributed by atoms with van der Waals surface area (Å²) in [5.74, 6) is 0.179. The number of carbonyl (C=O) groups is 1. The number of nitrogens with zero attached hydrogens (tertiary/aromatic N) is 2. The third-order valence-electron chi connectivity index (χ3n) is 3.02. The Hall–Kier alpha value is -1.38. The van der Waals surface area contributed by atoms with Crippen LogP contribution in [0, 0.1) is 0 Å². The lowest BCUT2D eigenvalue weighted by Crippen LogP contribution is -2.37. The highest BCUT2D eigenvalue weighted by Crippen LogP contribution is 2.11. The Labute approximate surface area is 127 Å². The minimum atomic E-state index is -0.642. The maximum atomic E-state index is 11.8. The Kier molecular flexibility index (Phi) is 6.21. The monoisotopic (exact) mass is 313 g/mol. The number of thioether (sulfide) groups is 1. The number of hydrogen-bond acceptors (Lipinski definition) is 7. The summed E-state index contributed by atoms with van der Waals surface area (Å²) in [4.78, 5) is 32.3. The molecule has 0 radical (unpaired) electrons. The molecule has 116 valence electrons. The van der Waals surface area contributed by atoms with Gasteiger partial charge in [-0.25, -0.2) is 9.78 Å². The molecule has 1 aliphatic heterocycles. The molecular formula is C13H19N3O4S. The van der Waals surface area contributed by atoms with Crippen LogP contribution in [0.15, 0.2) is 16.1 Å². The lowest BCUT2D eigenvalue weighted by Gasteiger charge is -2.26. The summed E-state index contributed by atoms with van der Waals surface area (Å²) >= 11 is 1.46. The van der Waals surface area contributed by atoms with Crippen LogP contribution in [-0.4, -0.2) is 66.0 Å². The van der Waals surface area contributed by atoms with Crippen LogP contribution in [0.25, 0.3) is 0 Å². The largest absolute Gasteiger partial charge is 0.462 e. The average molecular weight is 313 g/mol. The summed E-state index contributed by atoms with van der Waals surface area (Å²) in [5.41, 5.74) is -0.522. The second-order valence-electron chi connectivity index (χ2n) is 4.45. The Morgan fingerprint density at radius 2 is 2.29 bits per heavy atom. The molecule has 2 heterocycles. The highest BCUT2D eigenvalue weighted by atomic mass is 32.2. The van der Waals surface area contributed by atoms with Crippen molar-refractivity contribution in [1.29, 1.82) is 0 Å². The third-order valence-corrected chi connectivity index (χ3v) is 3.89. The second-order valence-corrected chi connectivity index (χ2v) is 5.54. The third kappa shape index (κ3) is 4.83. The van der Waals surface area contributed by atoms with E-state index in [-0.39, 0.29) is 12.2 Å². The minimum absolute atomic E-state index is 0.0608. The predicted octanol–water partition coefficient (Wildman–Crippen LogP) is 0.371. The van der Waals surface area contributed by atoms with Crippen LogP contribution in [0.1, 0.15) is 17.3 Å². The first kappa shape index (κ1) is 16.0. The fourth-order valence-electron chi connectivity index (χ4n) is 1.90. The quantitative estimate of drug-likeness (QED) is 0.461. The molecule has 1 fully saturated rings. The van der Waals surface area contributed by atoms with Gasteiger partial charge in [0.25, 0.3) is 5.56 Å². The summed E-state index contributed by atoms with van der Waals surface area (Å²) < 4.78 is 10.1. The molecule has 8 heteroatoms. The van der Waals surface area contributed by atoms with Gasteiger partial charge in [0.05, 0.1) is 19.8 Å². The molecule has 0 spiro atoms. The first-order valence-corrected chi connectivity index (χ1v) is 7.88.